The zero-order valence-electron chi connectivity index (χ0n) is 16.6. The number of rotatable bonds is 4. The van der Waals surface area contributed by atoms with Crippen LogP contribution in [0.25, 0.3) is 0 Å². The maximum Gasteiger partial charge on any atom is 0.244 e. The number of hydrogen-bond donors (Lipinski definition) is 1. The molecule has 2 saturated heterocycles. The Morgan fingerprint density at radius 1 is 1.07 bits per heavy atom. The van der Waals surface area contributed by atoms with Crippen LogP contribution in [-0.4, -0.2) is 42.3 Å². The predicted octanol–water partition coefficient (Wildman–Crippen LogP) is 3.24. The van der Waals surface area contributed by atoms with E-state index in [0.717, 1.165) is 56.4 Å². The van der Waals surface area contributed by atoms with Crippen LogP contribution in [0.15, 0.2) is 18.2 Å². The number of carbonyl (C=O) groups excluding carboxylic acids is 3. The first-order valence-corrected chi connectivity index (χ1v) is 10.5. The van der Waals surface area contributed by atoms with Crippen LogP contribution in [0, 0.1) is 12.3 Å². The minimum Gasteiger partial charge on any atom is -0.372 e. The van der Waals surface area contributed by atoms with E-state index >= 15 is 0 Å². The molecule has 0 unspecified atom stereocenters. The molecule has 0 radical (unpaired) electrons. The standard InChI is InChI=1S/C22H29N3O3/c1-16-13-17(24-11-5-6-12-24)7-8-18(16)23-19(26)15-25-20(27)14-22(21(25)28)9-3-2-4-10-22/h7-8,13H,2-6,9-12,14-15H2,1H3,(H,23,26). The smallest absolute Gasteiger partial charge is 0.244 e. The van der Waals surface area contributed by atoms with Crippen molar-refractivity contribution in [2.45, 2.75) is 58.3 Å². The van der Waals surface area contributed by atoms with E-state index in [4.69, 9.17) is 0 Å². The number of hydrogen-bond acceptors (Lipinski definition) is 4. The van der Waals surface area contributed by atoms with E-state index in [1.54, 1.807) is 0 Å². The van der Waals surface area contributed by atoms with Crippen LogP contribution in [0.3, 0.4) is 0 Å². The summed E-state index contributed by atoms with van der Waals surface area (Å²) in [6.45, 7) is 3.93. The van der Waals surface area contributed by atoms with Gasteiger partial charge in [-0.05, 0) is 56.4 Å². The molecule has 0 aromatic heterocycles. The van der Waals surface area contributed by atoms with Crippen molar-refractivity contribution in [3.63, 3.8) is 0 Å². The summed E-state index contributed by atoms with van der Waals surface area (Å²) in [5, 5.41) is 2.88. The molecular weight excluding hydrogens is 354 g/mol. The highest BCUT2D eigenvalue weighted by Crippen LogP contribution is 2.45. The van der Waals surface area contributed by atoms with E-state index in [2.05, 4.69) is 16.3 Å². The lowest BCUT2D eigenvalue weighted by Gasteiger charge is -2.30. The predicted molar refractivity (Wildman–Crippen MR) is 108 cm³/mol. The summed E-state index contributed by atoms with van der Waals surface area (Å²) in [5.41, 5.74) is 2.36. The summed E-state index contributed by atoms with van der Waals surface area (Å²) in [5.74, 6) is -0.664. The molecule has 1 N–H and O–H groups in total. The SMILES string of the molecule is Cc1cc(N2CCCC2)ccc1NC(=O)CN1C(=O)CC2(CCCCC2)C1=O. The molecule has 0 bridgehead atoms. The summed E-state index contributed by atoms with van der Waals surface area (Å²) in [4.78, 5) is 41.4. The van der Waals surface area contributed by atoms with Crippen molar-refractivity contribution in [3.05, 3.63) is 23.8 Å². The molecule has 3 amide bonds. The number of benzene rings is 1. The van der Waals surface area contributed by atoms with Gasteiger partial charge in [-0.1, -0.05) is 19.3 Å². The summed E-state index contributed by atoms with van der Waals surface area (Å²) < 4.78 is 0. The fourth-order valence-corrected chi connectivity index (χ4v) is 4.93. The molecule has 28 heavy (non-hydrogen) atoms. The van der Waals surface area contributed by atoms with Crippen LogP contribution in [0.5, 0.6) is 0 Å². The van der Waals surface area contributed by atoms with Crippen LogP contribution in [0.2, 0.25) is 0 Å². The van der Waals surface area contributed by atoms with E-state index in [1.165, 1.54) is 23.4 Å². The van der Waals surface area contributed by atoms with Crippen molar-refractivity contribution >= 4 is 29.1 Å². The highest BCUT2D eigenvalue weighted by atomic mass is 16.2. The zero-order chi connectivity index (χ0) is 19.7. The molecular formula is C22H29N3O3. The summed E-state index contributed by atoms with van der Waals surface area (Å²) in [7, 11) is 0. The van der Waals surface area contributed by atoms with Gasteiger partial charge in [-0.25, -0.2) is 0 Å². The third-order valence-electron chi connectivity index (χ3n) is 6.56. The molecule has 2 heterocycles. The quantitative estimate of drug-likeness (QED) is 0.811. The lowest BCUT2D eigenvalue weighted by Crippen LogP contribution is -2.41. The summed E-state index contributed by atoms with van der Waals surface area (Å²) >= 11 is 0. The number of nitrogens with one attached hydrogen (secondary N) is 1. The van der Waals surface area contributed by atoms with Gasteiger partial charge in [-0.2, -0.15) is 0 Å². The lowest BCUT2D eigenvalue weighted by atomic mass is 9.73. The molecule has 3 aliphatic rings. The molecule has 6 heteroatoms. The molecule has 1 aromatic carbocycles. The highest BCUT2D eigenvalue weighted by Gasteiger charge is 2.51. The summed E-state index contributed by atoms with van der Waals surface area (Å²) in [6, 6.07) is 6.03. The van der Waals surface area contributed by atoms with Crippen molar-refractivity contribution in [3.8, 4) is 0 Å². The van der Waals surface area contributed by atoms with Crippen molar-refractivity contribution in [2.24, 2.45) is 5.41 Å². The Labute approximate surface area is 166 Å². The van der Waals surface area contributed by atoms with Crippen molar-refractivity contribution in [1.82, 2.24) is 4.90 Å². The largest absolute Gasteiger partial charge is 0.372 e. The number of aryl methyl sites for hydroxylation is 1. The minimum absolute atomic E-state index is 0.145. The molecule has 2 aliphatic heterocycles. The minimum atomic E-state index is -0.539. The van der Waals surface area contributed by atoms with Crippen molar-refractivity contribution < 1.29 is 14.4 Å². The number of amides is 3. The van der Waals surface area contributed by atoms with Crippen LogP contribution in [0.1, 0.15) is 56.9 Å². The van der Waals surface area contributed by atoms with Crippen LogP contribution < -0.4 is 10.2 Å². The van der Waals surface area contributed by atoms with Gasteiger partial charge in [-0.15, -0.1) is 0 Å². The van der Waals surface area contributed by atoms with Crippen LogP contribution >= 0.6 is 0 Å². The van der Waals surface area contributed by atoms with E-state index < -0.39 is 5.41 Å². The Morgan fingerprint density at radius 2 is 1.79 bits per heavy atom. The van der Waals surface area contributed by atoms with Gasteiger partial charge in [0, 0.05) is 30.9 Å². The fraction of sp³-hybridized carbons (Fsp3) is 0.591. The average Bonchev–Trinajstić information content (AvgIpc) is 3.28. The molecule has 4 rings (SSSR count). The zero-order valence-corrected chi connectivity index (χ0v) is 16.6. The molecule has 1 saturated carbocycles. The highest BCUT2D eigenvalue weighted by molar-refractivity contribution is 6.09. The molecule has 1 aromatic rings. The Hall–Kier alpha value is -2.37. The first-order chi connectivity index (χ1) is 13.5. The number of likely N-dealkylation sites (tertiary alicyclic amines) is 1. The molecule has 6 nitrogen and oxygen atoms in total. The fourth-order valence-electron chi connectivity index (χ4n) is 4.93. The maximum atomic E-state index is 12.9. The topological polar surface area (TPSA) is 69.7 Å². The van der Waals surface area contributed by atoms with E-state index in [-0.39, 0.29) is 30.7 Å². The summed E-state index contributed by atoms with van der Waals surface area (Å²) in [6.07, 6.45) is 7.34. The first-order valence-electron chi connectivity index (χ1n) is 10.5. The molecule has 0 atom stereocenters. The number of nitrogens with zero attached hydrogens (tertiary/aromatic N) is 2. The van der Waals surface area contributed by atoms with Gasteiger partial charge in [0.15, 0.2) is 0 Å². The maximum absolute atomic E-state index is 12.9. The van der Waals surface area contributed by atoms with Crippen molar-refractivity contribution in [1.29, 1.82) is 0 Å². The molecule has 150 valence electrons. The lowest BCUT2D eigenvalue weighted by molar-refractivity contribution is -0.144. The molecule has 1 aliphatic carbocycles. The number of carbonyl (C=O) groups is 3. The second-order valence-electron chi connectivity index (χ2n) is 8.54. The number of anilines is 2. The van der Waals surface area contributed by atoms with Crippen molar-refractivity contribution in [2.75, 3.05) is 29.9 Å². The second kappa shape index (κ2) is 7.57. The van der Waals surface area contributed by atoms with E-state index in [9.17, 15) is 14.4 Å². The van der Waals surface area contributed by atoms with E-state index in [0.29, 0.717) is 0 Å². The van der Waals surface area contributed by atoms with Gasteiger partial charge in [0.1, 0.15) is 6.54 Å². The van der Waals surface area contributed by atoms with E-state index in [1.807, 2.05) is 19.1 Å². The normalized spacial score (nSPS) is 21.6. The Bertz CT molecular complexity index is 792. The Morgan fingerprint density at radius 3 is 2.46 bits per heavy atom. The van der Waals surface area contributed by atoms with Crippen LogP contribution in [-0.2, 0) is 14.4 Å². The monoisotopic (exact) mass is 383 g/mol. The first kappa shape index (κ1) is 19.0. The van der Waals surface area contributed by atoms with Gasteiger partial charge < -0.3 is 10.2 Å². The third-order valence-corrected chi connectivity index (χ3v) is 6.56. The van der Waals surface area contributed by atoms with Crippen LogP contribution in [0.4, 0.5) is 11.4 Å². The Kier molecular flexibility index (Phi) is 5.13. The van der Waals surface area contributed by atoms with Gasteiger partial charge >= 0.3 is 0 Å². The van der Waals surface area contributed by atoms with Gasteiger partial charge in [0.2, 0.25) is 17.7 Å². The average molecular weight is 383 g/mol. The second-order valence-corrected chi connectivity index (χ2v) is 8.54. The molecule has 1 spiro atoms. The Balaban J connectivity index is 1.40. The van der Waals surface area contributed by atoms with Gasteiger partial charge in [-0.3, -0.25) is 19.3 Å². The molecule has 3 fully saturated rings. The number of imide groups is 1. The van der Waals surface area contributed by atoms with Gasteiger partial charge in [0.05, 0.1) is 5.41 Å². The van der Waals surface area contributed by atoms with Gasteiger partial charge in [0.25, 0.3) is 0 Å². The third kappa shape index (κ3) is 3.52.